The summed E-state index contributed by atoms with van der Waals surface area (Å²) in [4.78, 5) is 11.0. The number of hydrogen-bond donors (Lipinski definition) is 1. The van der Waals surface area contributed by atoms with Gasteiger partial charge in [0.2, 0.25) is 6.10 Å². The van der Waals surface area contributed by atoms with E-state index < -0.39 is 23.8 Å². The van der Waals surface area contributed by atoms with E-state index in [1.165, 1.54) is 19.2 Å². The van der Waals surface area contributed by atoms with E-state index >= 15 is 0 Å². The second-order valence-electron chi connectivity index (χ2n) is 4.36. The lowest BCUT2D eigenvalue weighted by Crippen LogP contribution is -2.40. The predicted octanol–water partition coefficient (Wildman–Crippen LogP) is 3.28. The highest BCUT2D eigenvalue weighted by Gasteiger charge is 2.48. The van der Waals surface area contributed by atoms with E-state index in [2.05, 4.69) is 0 Å². The Morgan fingerprint density at radius 2 is 2.14 bits per heavy atom. The van der Waals surface area contributed by atoms with Crippen molar-refractivity contribution in [3.05, 3.63) is 33.9 Å². The fourth-order valence-corrected chi connectivity index (χ4v) is 2.28. The van der Waals surface area contributed by atoms with Crippen LogP contribution in [0.3, 0.4) is 0 Å². The first-order valence-corrected chi connectivity index (χ1v) is 6.11. The number of benzene rings is 1. The van der Waals surface area contributed by atoms with Crippen molar-refractivity contribution in [2.24, 2.45) is 0 Å². The van der Waals surface area contributed by atoms with Gasteiger partial charge < -0.3 is 14.6 Å². The Morgan fingerprint density at radius 3 is 2.67 bits per heavy atom. The zero-order valence-corrected chi connectivity index (χ0v) is 11.5. The number of rotatable bonds is 3. The summed E-state index contributed by atoms with van der Waals surface area (Å²) in [6, 6.07) is 2.75. The average Bonchev–Trinajstić information content (AvgIpc) is 2.36. The Bertz CT molecular complexity index is 610. The summed E-state index contributed by atoms with van der Waals surface area (Å²) in [6.45, 7) is -0.0102. The lowest BCUT2D eigenvalue weighted by molar-refractivity contribution is -0.187. The molecule has 1 aromatic carbocycles. The molecule has 4 nitrogen and oxygen atoms in total. The Morgan fingerprint density at radius 1 is 1.48 bits per heavy atom. The van der Waals surface area contributed by atoms with E-state index in [4.69, 9.17) is 26.2 Å². The highest BCUT2D eigenvalue weighted by atomic mass is 35.5. The van der Waals surface area contributed by atoms with Crippen LogP contribution in [0.1, 0.15) is 11.1 Å². The molecule has 1 atom stereocenters. The van der Waals surface area contributed by atoms with Gasteiger partial charge in [-0.05, 0) is 18.2 Å². The summed E-state index contributed by atoms with van der Waals surface area (Å²) in [7, 11) is 1.37. The fraction of sp³-hybridized carbons (Fsp3) is 0.308. The molecule has 114 valence electrons. The highest BCUT2D eigenvalue weighted by molar-refractivity contribution is 6.30. The molecule has 1 unspecified atom stereocenters. The minimum absolute atomic E-state index is 0.0102. The van der Waals surface area contributed by atoms with Crippen LogP contribution >= 0.6 is 11.6 Å². The minimum atomic E-state index is -4.84. The molecule has 21 heavy (non-hydrogen) atoms. The number of alkyl halides is 3. The third kappa shape index (κ3) is 3.14. The molecule has 0 aromatic heterocycles. The lowest BCUT2D eigenvalue weighted by atomic mass is 9.99. The van der Waals surface area contributed by atoms with Crippen LogP contribution in [0.2, 0.25) is 5.02 Å². The van der Waals surface area contributed by atoms with Gasteiger partial charge in [-0.25, -0.2) is 4.79 Å². The van der Waals surface area contributed by atoms with Crippen molar-refractivity contribution >= 4 is 23.6 Å². The maximum absolute atomic E-state index is 13.0. The van der Waals surface area contributed by atoms with Gasteiger partial charge in [0.15, 0.2) is 0 Å². The van der Waals surface area contributed by atoms with Crippen LogP contribution < -0.4 is 4.74 Å². The molecule has 0 amide bonds. The Labute approximate surface area is 122 Å². The van der Waals surface area contributed by atoms with Crippen LogP contribution in [0, 0.1) is 0 Å². The van der Waals surface area contributed by atoms with E-state index in [0.717, 1.165) is 6.08 Å². The summed E-state index contributed by atoms with van der Waals surface area (Å²) in [5, 5.41) is 9.18. The molecule has 0 saturated carbocycles. The number of carbonyl (C=O) groups is 1. The van der Waals surface area contributed by atoms with Crippen molar-refractivity contribution < 1.29 is 32.5 Å². The molecule has 0 radical (unpaired) electrons. The number of carboxylic acid groups (broad SMARTS) is 1. The Kier molecular flexibility index (Phi) is 4.15. The number of ether oxygens (including phenoxy) is 2. The minimum Gasteiger partial charge on any atom is -0.478 e. The van der Waals surface area contributed by atoms with Crippen molar-refractivity contribution in [3.8, 4) is 5.75 Å². The second-order valence-corrected chi connectivity index (χ2v) is 4.80. The highest BCUT2D eigenvalue weighted by Crippen LogP contribution is 2.40. The smallest absolute Gasteiger partial charge is 0.430 e. The molecule has 1 aliphatic rings. The summed E-state index contributed by atoms with van der Waals surface area (Å²) in [5.41, 5.74) is -0.400. The van der Waals surface area contributed by atoms with Gasteiger partial charge in [0, 0.05) is 23.3 Å². The quantitative estimate of drug-likeness (QED) is 0.928. The molecular formula is C13H10ClF3O4. The van der Waals surface area contributed by atoms with E-state index in [9.17, 15) is 18.0 Å². The molecule has 1 aliphatic heterocycles. The molecule has 0 saturated heterocycles. The van der Waals surface area contributed by atoms with Crippen molar-refractivity contribution in [2.75, 3.05) is 7.11 Å². The standard InChI is InChI=1S/C13H10ClF3O4/c1-20-5-7-3-8(14)2-6-4-9(12(18)19)11(13(15,16)17)21-10(6)7/h2-4,11H,5H2,1H3,(H,18,19). The maximum atomic E-state index is 13.0. The van der Waals surface area contributed by atoms with Crippen LogP contribution in [-0.4, -0.2) is 30.5 Å². The van der Waals surface area contributed by atoms with Crippen molar-refractivity contribution in [2.45, 2.75) is 18.9 Å². The van der Waals surface area contributed by atoms with E-state index in [1.54, 1.807) is 0 Å². The third-order valence-corrected chi connectivity index (χ3v) is 3.05. The normalized spacial score (nSPS) is 17.8. The molecule has 8 heteroatoms. The van der Waals surface area contributed by atoms with Gasteiger partial charge >= 0.3 is 12.1 Å². The van der Waals surface area contributed by atoms with Crippen molar-refractivity contribution in [1.29, 1.82) is 0 Å². The zero-order chi connectivity index (χ0) is 15.8. The molecule has 1 heterocycles. The molecule has 0 fully saturated rings. The van der Waals surface area contributed by atoms with Gasteiger partial charge in [0.1, 0.15) is 5.75 Å². The van der Waals surface area contributed by atoms with Crippen LogP contribution in [0.15, 0.2) is 17.7 Å². The average molecular weight is 323 g/mol. The second kappa shape index (κ2) is 5.57. The van der Waals surface area contributed by atoms with Gasteiger partial charge in [-0.2, -0.15) is 13.2 Å². The van der Waals surface area contributed by atoms with Gasteiger partial charge in [-0.15, -0.1) is 0 Å². The first-order valence-electron chi connectivity index (χ1n) is 5.73. The van der Waals surface area contributed by atoms with Gasteiger partial charge in [0.05, 0.1) is 12.2 Å². The summed E-state index contributed by atoms with van der Waals surface area (Å²) in [5.74, 6) is -1.77. The lowest BCUT2D eigenvalue weighted by Gasteiger charge is -2.28. The molecule has 1 aromatic rings. The number of methoxy groups -OCH3 is 1. The SMILES string of the molecule is COCc1cc(Cl)cc2c1OC(C(F)(F)F)C(C(=O)O)=C2. The number of hydrogen-bond acceptors (Lipinski definition) is 3. The Hall–Kier alpha value is -1.73. The zero-order valence-electron chi connectivity index (χ0n) is 10.7. The van der Waals surface area contributed by atoms with E-state index in [0.29, 0.717) is 5.56 Å². The topological polar surface area (TPSA) is 55.8 Å². The molecular weight excluding hydrogens is 313 g/mol. The summed E-state index contributed by atoms with van der Waals surface area (Å²) in [6.07, 6.45) is -6.45. The first kappa shape index (κ1) is 15.7. The first-order chi connectivity index (χ1) is 9.74. The van der Waals surface area contributed by atoms with Crippen molar-refractivity contribution in [3.63, 3.8) is 0 Å². The summed E-state index contributed by atoms with van der Waals surface area (Å²) >= 11 is 5.86. The predicted molar refractivity (Wildman–Crippen MR) is 68.2 cm³/mol. The number of carboxylic acids is 1. The van der Waals surface area contributed by atoms with Gasteiger partial charge in [-0.3, -0.25) is 0 Å². The monoisotopic (exact) mass is 322 g/mol. The van der Waals surface area contributed by atoms with Crippen LogP contribution in [0.25, 0.3) is 6.08 Å². The molecule has 0 bridgehead atoms. The fourth-order valence-electron chi connectivity index (χ4n) is 2.03. The van der Waals surface area contributed by atoms with Crippen LogP contribution in [-0.2, 0) is 16.1 Å². The van der Waals surface area contributed by atoms with E-state index in [-0.39, 0.29) is 22.9 Å². The number of halogens is 4. The van der Waals surface area contributed by atoms with Crippen LogP contribution in [0.4, 0.5) is 13.2 Å². The van der Waals surface area contributed by atoms with Crippen LogP contribution in [0.5, 0.6) is 5.75 Å². The number of aliphatic carboxylic acids is 1. The van der Waals surface area contributed by atoms with Crippen molar-refractivity contribution in [1.82, 2.24) is 0 Å². The molecule has 0 spiro atoms. The molecule has 0 aliphatic carbocycles. The number of fused-ring (bicyclic) bond motifs is 1. The van der Waals surface area contributed by atoms with Gasteiger partial charge in [0.25, 0.3) is 0 Å². The maximum Gasteiger partial charge on any atom is 0.430 e. The largest absolute Gasteiger partial charge is 0.478 e. The summed E-state index contributed by atoms with van der Waals surface area (Å²) < 4.78 is 48.7. The van der Waals surface area contributed by atoms with Gasteiger partial charge in [-0.1, -0.05) is 11.6 Å². The molecule has 2 rings (SSSR count). The Balaban J connectivity index is 2.60. The molecule has 1 N–H and O–H groups in total. The third-order valence-electron chi connectivity index (χ3n) is 2.83. The van der Waals surface area contributed by atoms with E-state index in [1.807, 2.05) is 0 Å².